The van der Waals surface area contributed by atoms with E-state index in [1.165, 1.54) is 18.0 Å². The van der Waals surface area contributed by atoms with Gasteiger partial charge in [0.2, 0.25) is 11.5 Å². The summed E-state index contributed by atoms with van der Waals surface area (Å²) in [6.45, 7) is 4.45. The van der Waals surface area contributed by atoms with Gasteiger partial charge >= 0.3 is 5.69 Å². The van der Waals surface area contributed by atoms with Crippen LogP contribution in [0, 0.1) is 5.82 Å². The fourth-order valence-electron chi connectivity index (χ4n) is 6.32. The minimum Gasteiger partial charge on any atom is -0.472 e. The summed E-state index contributed by atoms with van der Waals surface area (Å²) in [7, 11) is 1.48. The minimum atomic E-state index is -1.56. The van der Waals surface area contributed by atoms with Crippen LogP contribution in [0.1, 0.15) is 45.4 Å². The summed E-state index contributed by atoms with van der Waals surface area (Å²) >= 11 is 0. The lowest BCUT2D eigenvalue weighted by Crippen LogP contribution is -2.55. The predicted octanol–water partition coefficient (Wildman–Crippen LogP) is 1.63. The zero-order valence-electron chi connectivity index (χ0n) is 22.2. The molecule has 1 aromatic carbocycles. The number of aliphatic hydroxyl groups is 2. The van der Waals surface area contributed by atoms with Gasteiger partial charge in [0.1, 0.15) is 5.75 Å². The molecule has 6 rings (SSSR count). The molecule has 13 heteroatoms. The number of nitrogens with zero attached hydrogens (tertiary/aromatic N) is 6. The Balaban J connectivity index is 1.27. The second-order valence-electron chi connectivity index (χ2n) is 11.3. The third-order valence-electron chi connectivity index (χ3n) is 8.15. The molecule has 5 heterocycles. The van der Waals surface area contributed by atoms with E-state index < -0.39 is 30.3 Å². The summed E-state index contributed by atoms with van der Waals surface area (Å²) in [6, 6.07) is 5.52. The van der Waals surface area contributed by atoms with E-state index in [0.717, 1.165) is 36.7 Å². The van der Waals surface area contributed by atoms with Crippen LogP contribution in [-0.4, -0.2) is 76.8 Å². The first-order valence-corrected chi connectivity index (χ1v) is 13.2. The number of aryl methyl sites for hydroxylation is 1. The molecule has 0 bridgehead atoms. The summed E-state index contributed by atoms with van der Waals surface area (Å²) in [4.78, 5) is 24.0. The molecule has 4 N–H and O–H groups in total. The van der Waals surface area contributed by atoms with Crippen LogP contribution >= 0.6 is 0 Å². The molecular formula is C26H33FN8O4. The minimum absolute atomic E-state index is 0.0275. The third kappa shape index (κ3) is 4.24. The number of fused-ring (bicyclic) bond motifs is 4. The lowest BCUT2D eigenvalue weighted by molar-refractivity contribution is -0.0513. The normalized spacial score (nSPS) is 22.9. The topological polar surface area (TPSA) is 143 Å². The maximum atomic E-state index is 14.8. The number of nitrogens with one attached hydrogen (secondary N) is 2. The molecule has 2 fully saturated rings. The van der Waals surface area contributed by atoms with Crippen molar-refractivity contribution in [3.63, 3.8) is 0 Å². The van der Waals surface area contributed by atoms with Gasteiger partial charge in [-0.2, -0.15) is 10.1 Å². The van der Waals surface area contributed by atoms with E-state index in [1.807, 2.05) is 0 Å². The van der Waals surface area contributed by atoms with Gasteiger partial charge in [-0.25, -0.2) is 23.4 Å². The van der Waals surface area contributed by atoms with Gasteiger partial charge in [-0.05, 0) is 64.3 Å². The van der Waals surface area contributed by atoms with Crippen molar-refractivity contribution in [1.82, 2.24) is 29.2 Å². The highest BCUT2D eigenvalue weighted by Crippen LogP contribution is 2.40. The van der Waals surface area contributed by atoms with E-state index in [1.54, 1.807) is 18.2 Å². The van der Waals surface area contributed by atoms with Crippen LogP contribution in [-0.2, 0) is 12.6 Å². The molecule has 2 aromatic heterocycles. The summed E-state index contributed by atoms with van der Waals surface area (Å²) in [5.74, 6) is 0.177. The summed E-state index contributed by atoms with van der Waals surface area (Å²) in [5, 5.41) is 30.6. The molecule has 39 heavy (non-hydrogen) atoms. The molecule has 3 aliphatic rings. The second kappa shape index (κ2) is 9.28. The lowest BCUT2D eigenvalue weighted by atomic mass is 9.84. The number of halogens is 1. The highest BCUT2D eigenvalue weighted by atomic mass is 19.1. The van der Waals surface area contributed by atoms with Crippen molar-refractivity contribution in [3.8, 4) is 11.4 Å². The van der Waals surface area contributed by atoms with E-state index >= 15 is 0 Å². The molecule has 3 aliphatic heterocycles. The van der Waals surface area contributed by atoms with Crippen molar-refractivity contribution in [2.75, 3.05) is 30.4 Å². The SMILES string of the molecule is Cn1nc2n(c1=O)-c1cc(Nc3ncc(F)c(N[C@@H]4C[C@@H]5CCCN5C(C)(C)C4)n3)ccc1OC2(CO)CO. The molecule has 0 aliphatic carbocycles. The average molecular weight is 541 g/mol. The van der Waals surface area contributed by atoms with Gasteiger partial charge in [0.05, 0.1) is 25.1 Å². The Labute approximate surface area is 224 Å². The summed E-state index contributed by atoms with van der Waals surface area (Å²) in [5.41, 5.74) is -1.10. The molecular weight excluding hydrogens is 507 g/mol. The predicted molar refractivity (Wildman–Crippen MR) is 141 cm³/mol. The number of ether oxygens (including phenoxy) is 1. The first-order chi connectivity index (χ1) is 18.6. The van der Waals surface area contributed by atoms with Crippen molar-refractivity contribution >= 4 is 17.5 Å². The number of anilines is 3. The van der Waals surface area contributed by atoms with Crippen molar-refractivity contribution in [1.29, 1.82) is 0 Å². The maximum Gasteiger partial charge on any atom is 0.350 e. The first kappa shape index (κ1) is 25.7. The zero-order valence-corrected chi connectivity index (χ0v) is 22.2. The number of aliphatic hydroxyl groups excluding tert-OH is 2. The number of benzene rings is 1. The van der Waals surface area contributed by atoms with E-state index in [9.17, 15) is 19.4 Å². The van der Waals surface area contributed by atoms with Gasteiger partial charge in [0, 0.05) is 30.4 Å². The van der Waals surface area contributed by atoms with E-state index in [4.69, 9.17) is 4.74 Å². The molecule has 2 saturated heterocycles. The lowest BCUT2D eigenvalue weighted by Gasteiger charge is -2.47. The average Bonchev–Trinajstić information content (AvgIpc) is 3.51. The van der Waals surface area contributed by atoms with Crippen LogP contribution in [0.3, 0.4) is 0 Å². The molecule has 0 amide bonds. The fourth-order valence-corrected chi connectivity index (χ4v) is 6.32. The molecule has 3 aromatic rings. The first-order valence-electron chi connectivity index (χ1n) is 13.2. The van der Waals surface area contributed by atoms with Gasteiger partial charge in [0.25, 0.3) is 0 Å². The Morgan fingerprint density at radius 3 is 2.82 bits per heavy atom. The Morgan fingerprint density at radius 2 is 2.05 bits per heavy atom. The molecule has 0 spiro atoms. The number of aromatic nitrogens is 5. The highest BCUT2D eigenvalue weighted by Gasteiger charge is 2.45. The van der Waals surface area contributed by atoms with Crippen LogP contribution in [0.4, 0.5) is 21.8 Å². The van der Waals surface area contributed by atoms with E-state index in [-0.39, 0.29) is 34.9 Å². The maximum absolute atomic E-state index is 14.8. The number of piperidine rings is 1. The van der Waals surface area contributed by atoms with Gasteiger partial charge in [-0.15, -0.1) is 0 Å². The molecule has 0 radical (unpaired) electrons. The van der Waals surface area contributed by atoms with Crippen molar-refractivity contribution in [3.05, 3.63) is 46.5 Å². The van der Waals surface area contributed by atoms with E-state index in [2.05, 4.69) is 44.4 Å². The van der Waals surface area contributed by atoms with Crippen molar-refractivity contribution in [2.45, 2.75) is 62.8 Å². The highest BCUT2D eigenvalue weighted by molar-refractivity contribution is 5.64. The zero-order chi connectivity index (χ0) is 27.5. The molecule has 208 valence electrons. The number of rotatable bonds is 6. The Morgan fingerprint density at radius 1 is 1.26 bits per heavy atom. The van der Waals surface area contributed by atoms with E-state index in [0.29, 0.717) is 17.4 Å². The van der Waals surface area contributed by atoms with Crippen LogP contribution < -0.4 is 21.1 Å². The van der Waals surface area contributed by atoms with Crippen molar-refractivity contribution in [2.24, 2.45) is 7.05 Å². The third-order valence-corrected chi connectivity index (χ3v) is 8.15. The van der Waals surface area contributed by atoms with Crippen LogP contribution in [0.15, 0.2) is 29.2 Å². The van der Waals surface area contributed by atoms with Gasteiger partial charge in [-0.1, -0.05) is 0 Å². The monoisotopic (exact) mass is 540 g/mol. The standard InChI is InChI=1S/C26H33FN8O4/c1-25(2)11-16(9-17-5-4-8-34(17)25)29-21-18(27)12-28-23(31-21)30-15-6-7-20-19(10-15)35-22(32-33(3)24(35)38)26(13-36,14-37)39-20/h6-7,10,12,16-17,36-37H,4-5,8-9,11,13-14H2,1-3H3,(H2,28,29,30,31)/t16-,17+/m1/s1. The Kier molecular flexibility index (Phi) is 6.12. The van der Waals surface area contributed by atoms with Crippen LogP contribution in [0.2, 0.25) is 0 Å². The summed E-state index contributed by atoms with van der Waals surface area (Å²) in [6.07, 6.45) is 5.30. The molecule has 0 saturated carbocycles. The van der Waals surface area contributed by atoms with Gasteiger partial charge in [-0.3, -0.25) is 4.90 Å². The smallest absolute Gasteiger partial charge is 0.350 e. The summed E-state index contributed by atoms with van der Waals surface area (Å²) < 4.78 is 23.1. The Hall–Kier alpha value is -3.55. The van der Waals surface area contributed by atoms with Crippen LogP contribution in [0.5, 0.6) is 5.75 Å². The van der Waals surface area contributed by atoms with Crippen LogP contribution in [0.25, 0.3) is 5.69 Å². The number of hydrogen-bond acceptors (Lipinski definition) is 10. The van der Waals surface area contributed by atoms with Gasteiger partial charge < -0.3 is 25.6 Å². The Bertz CT molecular complexity index is 1470. The largest absolute Gasteiger partial charge is 0.472 e. The molecule has 0 unspecified atom stereocenters. The van der Waals surface area contributed by atoms with Gasteiger partial charge in [0.15, 0.2) is 17.5 Å². The number of hydrogen-bond donors (Lipinski definition) is 4. The fraction of sp³-hybridized carbons (Fsp3) is 0.538. The molecule has 12 nitrogen and oxygen atoms in total. The van der Waals surface area contributed by atoms with Crippen molar-refractivity contribution < 1.29 is 19.3 Å². The second-order valence-corrected chi connectivity index (χ2v) is 11.3. The quantitative estimate of drug-likeness (QED) is 0.364. The molecule has 2 atom stereocenters.